The van der Waals surface area contributed by atoms with Crippen LogP contribution in [-0.4, -0.2) is 32.7 Å². The van der Waals surface area contributed by atoms with Crippen molar-refractivity contribution < 1.29 is 14.2 Å². The molecule has 1 saturated heterocycles. The highest BCUT2D eigenvalue weighted by Gasteiger charge is 2.13. The van der Waals surface area contributed by atoms with Crippen molar-refractivity contribution in [3.8, 4) is 0 Å². The average molecular weight is 286 g/mol. The van der Waals surface area contributed by atoms with Crippen LogP contribution in [0.1, 0.15) is 77.6 Å². The third-order valence-corrected chi connectivity index (χ3v) is 3.81. The summed E-state index contributed by atoms with van der Waals surface area (Å²) < 4.78 is 16.7. The molecule has 0 aromatic heterocycles. The Balaban J connectivity index is 1.70. The summed E-state index contributed by atoms with van der Waals surface area (Å²) in [7, 11) is 0. The monoisotopic (exact) mass is 286 g/mol. The first kappa shape index (κ1) is 17.9. The molecular weight excluding hydrogens is 252 g/mol. The van der Waals surface area contributed by atoms with Crippen molar-refractivity contribution in [3.63, 3.8) is 0 Å². The molecule has 1 heterocycles. The standard InChI is InChI=1S/C17H34O3/c1-2-3-4-5-6-7-8-10-13-18-15-16-20-17-12-9-11-14-19-17/h17H,2-16H2,1H3. The lowest BCUT2D eigenvalue weighted by molar-refractivity contribution is -0.169. The molecule has 0 aromatic rings. The number of ether oxygens (including phenoxy) is 3. The summed E-state index contributed by atoms with van der Waals surface area (Å²) in [6, 6.07) is 0. The first-order valence-electron chi connectivity index (χ1n) is 8.74. The van der Waals surface area contributed by atoms with Crippen molar-refractivity contribution in [2.45, 2.75) is 83.8 Å². The molecule has 120 valence electrons. The molecule has 0 radical (unpaired) electrons. The Morgan fingerprint density at radius 3 is 2.30 bits per heavy atom. The van der Waals surface area contributed by atoms with Gasteiger partial charge in [0.2, 0.25) is 0 Å². The molecule has 1 unspecified atom stereocenters. The summed E-state index contributed by atoms with van der Waals surface area (Å²) in [5.41, 5.74) is 0. The topological polar surface area (TPSA) is 27.7 Å². The second-order valence-electron chi connectivity index (χ2n) is 5.75. The van der Waals surface area contributed by atoms with E-state index in [0.29, 0.717) is 13.2 Å². The summed E-state index contributed by atoms with van der Waals surface area (Å²) in [5, 5.41) is 0. The molecule has 0 bridgehead atoms. The Kier molecular flexibility index (Phi) is 12.4. The zero-order chi connectivity index (χ0) is 14.3. The summed E-state index contributed by atoms with van der Waals surface area (Å²) in [5.74, 6) is 0. The van der Waals surface area contributed by atoms with Crippen LogP contribution in [0.4, 0.5) is 0 Å². The molecule has 0 amide bonds. The van der Waals surface area contributed by atoms with Gasteiger partial charge in [0.25, 0.3) is 0 Å². The zero-order valence-electron chi connectivity index (χ0n) is 13.4. The number of hydrogen-bond acceptors (Lipinski definition) is 3. The van der Waals surface area contributed by atoms with E-state index in [-0.39, 0.29) is 6.29 Å². The Morgan fingerprint density at radius 1 is 0.850 bits per heavy atom. The van der Waals surface area contributed by atoms with Crippen molar-refractivity contribution in [2.24, 2.45) is 0 Å². The van der Waals surface area contributed by atoms with Crippen LogP contribution >= 0.6 is 0 Å². The van der Waals surface area contributed by atoms with E-state index in [1.165, 1.54) is 64.2 Å². The summed E-state index contributed by atoms with van der Waals surface area (Å²) in [4.78, 5) is 0. The van der Waals surface area contributed by atoms with Gasteiger partial charge in [0.15, 0.2) is 6.29 Å². The molecular formula is C17H34O3. The molecule has 1 rings (SSSR count). The molecule has 0 saturated carbocycles. The predicted octanol–water partition coefficient (Wildman–Crippen LogP) is 4.69. The van der Waals surface area contributed by atoms with E-state index in [0.717, 1.165) is 19.6 Å². The van der Waals surface area contributed by atoms with Gasteiger partial charge in [-0.05, 0) is 25.7 Å². The minimum Gasteiger partial charge on any atom is -0.379 e. The van der Waals surface area contributed by atoms with Gasteiger partial charge in [0, 0.05) is 13.2 Å². The Labute approximate surface area is 125 Å². The van der Waals surface area contributed by atoms with Gasteiger partial charge < -0.3 is 14.2 Å². The van der Waals surface area contributed by atoms with E-state index in [9.17, 15) is 0 Å². The van der Waals surface area contributed by atoms with Crippen molar-refractivity contribution in [1.29, 1.82) is 0 Å². The lowest BCUT2D eigenvalue weighted by Gasteiger charge is -2.22. The molecule has 0 spiro atoms. The van der Waals surface area contributed by atoms with Gasteiger partial charge in [-0.25, -0.2) is 0 Å². The molecule has 0 aliphatic carbocycles. The molecule has 1 fully saturated rings. The minimum absolute atomic E-state index is 0.0236. The summed E-state index contributed by atoms with van der Waals surface area (Å²) in [6.45, 7) is 5.37. The Hall–Kier alpha value is -0.120. The second kappa shape index (κ2) is 13.8. The predicted molar refractivity (Wildman–Crippen MR) is 83.0 cm³/mol. The lowest BCUT2D eigenvalue weighted by atomic mass is 10.1. The highest BCUT2D eigenvalue weighted by atomic mass is 16.7. The zero-order valence-corrected chi connectivity index (χ0v) is 13.4. The maximum absolute atomic E-state index is 5.62. The van der Waals surface area contributed by atoms with Crippen LogP contribution in [0, 0.1) is 0 Å². The van der Waals surface area contributed by atoms with Crippen LogP contribution in [0.3, 0.4) is 0 Å². The smallest absolute Gasteiger partial charge is 0.157 e. The molecule has 1 aliphatic rings. The molecule has 20 heavy (non-hydrogen) atoms. The van der Waals surface area contributed by atoms with Crippen LogP contribution < -0.4 is 0 Å². The quantitative estimate of drug-likeness (QED) is 0.460. The highest BCUT2D eigenvalue weighted by molar-refractivity contribution is 4.53. The van der Waals surface area contributed by atoms with Gasteiger partial charge in [-0.1, -0.05) is 51.9 Å². The SMILES string of the molecule is CCCCCCCCCCOCCOC1CCCCO1. The van der Waals surface area contributed by atoms with Crippen LogP contribution in [0.15, 0.2) is 0 Å². The van der Waals surface area contributed by atoms with Gasteiger partial charge in [-0.2, -0.15) is 0 Å². The Morgan fingerprint density at radius 2 is 1.60 bits per heavy atom. The van der Waals surface area contributed by atoms with Crippen LogP contribution in [0.25, 0.3) is 0 Å². The first-order valence-corrected chi connectivity index (χ1v) is 8.74. The lowest BCUT2D eigenvalue weighted by Crippen LogP contribution is -2.24. The summed E-state index contributed by atoms with van der Waals surface area (Å²) >= 11 is 0. The van der Waals surface area contributed by atoms with Crippen LogP contribution in [0.2, 0.25) is 0 Å². The molecule has 3 heteroatoms. The van der Waals surface area contributed by atoms with Gasteiger partial charge in [-0.15, -0.1) is 0 Å². The van der Waals surface area contributed by atoms with E-state index in [1.807, 2.05) is 0 Å². The molecule has 3 nitrogen and oxygen atoms in total. The van der Waals surface area contributed by atoms with Gasteiger partial charge >= 0.3 is 0 Å². The largest absolute Gasteiger partial charge is 0.379 e. The number of rotatable bonds is 13. The fourth-order valence-electron chi connectivity index (χ4n) is 2.52. The van der Waals surface area contributed by atoms with E-state index in [4.69, 9.17) is 14.2 Å². The fourth-order valence-corrected chi connectivity index (χ4v) is 2.52. The van der Waals surface area contributed by atoms with Crippen LogP contribution in [-0.2, 0) is 14.2 Å². The Bertz CT molecular complexity index is 191. The molecule has 0 aromatic carbocycles. The fraction of sp³-hybridized carbons (Fsp3) is 1.00. The van der Waals surface area contributed by atoms with Gasteiger partial charge in [0.05, 0.1) is 13.2 Å². The maximum Gasteiger partial charge on any atom is 0.157 e. The van der Waals surface area contributed by atoms with Crippen molar-refractivity contribution >= 4 is 0 Å². The number of hydrogen-bond donors (Lipinski definition) is 0. The normalized spacial score (nSPS) is 19.4. The van der Waals surface area contributed by atoms with Crippen molar-refractivity contribution in [2.75, 3.05) is 26.4 Å². The molecule has 0 N–H and O–H groups in total. The maximum atomic E-state index is 5.62. The minimum atomic E-state index is 0.0236. The van der Waals surface area contributed by atoms with E-state index in [1.54, 1.807) is 0 Å². The third kappa shape index (κ3) is 10.6. The second-order valence-corrected chi connectivity index (χ2v) is 5.75. The molecule has 1 atom stereocenters. The first-order chi connectivity index (χ1) is 9.93. The van der Waals surface area contributed by atoms with E-state index in [2.05, 4.69) is 6.92 Å². The highest BCUT2D eigenvalue weighted by Crippen LogP contribution is 2.13. The molecule has 1 aliphatic heterocycles. The number of unbranched alkanes of at least 4 members (excludes halogenated alkanes) is 7. The van der Waals surface area contributed by atoms with Gasteiger partial charge in [0.1, 0.15) is 0 Å². The summed E-state index contributed by atoms with van der Waals surface area (Å²) in [6.07, 6.45) is 14.3. The van der Waals surface area contributed by atoms with Crippen molar-refractivity contribution in [1.82, 2.24) is 0 Å². The third-order valence-electron chi connectivity index (χ3n) is 3.81. The van der Waals surface area contributed by atoms with E-state index < -0.39 is 0 Å². The van der Waals surface area contributed by atoms with Gasteiger partial charge in [-0.3, -0.25) is 0 Å². The average Bonchev–Trinajstić information content (AvgIpc) is 2.49. The van der Waals surface area contributed by atoms with Crippen LogP contribution in [0.5, 0.6) is 0 Å². The van der Waals surface area contributed by atoms with E-state index >= 15 is 0 Å². The van der Waals surface area contributed by atoms with Crippen molar-refractivity contribution in [3.05, 3.63) is 0 Å².